The lowest BCUT2D eigenvalue weighted by molar-refractivity contribution is -0.123. The summed E-state index contributed by atoms with van der Waals surface area (Å²) in [4.78, 5) is 22.8. The fourth-order valence-corrected chi connectivity index (χ4v) is 1.16. The van der Waals surface area contributed by atoms with Crippen LogP contribution < -0.4 is 11.1 Å². The van der Waals surface area contributed by atoms with Gasteiger partial charge in [-0.2, -0.15) is 0 Å². The zero-order chi connectivity index (χ0) is 13.2. The van der Waals surface area contributed by atoms with Gasteiger partial charge in [0.25, 0.3) is 0 Å². The van der Waals surface area contributed by atoms with Gasteiger partial charge in [-0.05, 0) is 18.2 Å². The minimum Gasteiger partial charge on any atom is -0.478 e. The Balaban J connectivity index is 3.07. The summed E-state index contributed by atoms with van der Waals surface area (Å²) in [5.74, 6) is -1.37. The molecule has 0 saturated heterocycles. The van der Waals surface area contributed by atoms with E-state index >= 15 is 0 Å². The Hall–Kier alpha value is -2.04. The van der Waals surface area contributed by atoms with Gasteiger partial charge in [-0.3, -0.25) is 4.79 Å². The van der Waals surface area contributed by atoms with Crippen LogP contribution in [0.15, 0.2) is 18.2 Å². The highest BCUT2D eigenvalue weighted by Crippen LogP contribution is 2.22. The first-order valence-corrected chi connectivity index (χ1v) is 5.16. The molecule has 17 heavy (non-hydrogen) atoms. The van der Waals surface area contributed by atoms with E-state index in [2.05, 4.69) is 5.32 Å². The second kappa shape index (κ2) is 4.45. The molecule has 1 rings (SSSR count). The van der Waals surface area contributed by atoms with Crippen LogP contribution in [0.2, 0.25) is 0 Å². The van der Waals surface area contributed by atoms with Crippen molar-refractivity contribution in [1.29, 1.82) is 0 Å². The van der Waals surface area contributed by atoms with Gasteiger partial charge in [0.05, 0.1) is 11.3 Å². The Morgan fingerprint density at radius 2 is 1.88 bits per heavy atom. The smallest absolute Gasteiger partial charge is 0.337 e. The number of carboxylic acids is 1. The zero-order valence-electron chi connectivity index (χ0n) is 10.1. The lowest BCUT2D eigenvalue weighted by Crippen LogP contribution is -2.28. The molecule has 0 bridgehead atoms. The number of carboxylic acid groups (broad SMARTS) is 1. The van der Waals surface area contributed by atoms with E-state index in [-0.39, 0.29) is 17.2 Å². The van der Waals surface area contributed by atoms with Crippen molar-refractivity contribution in [3.8, 4) is 0 Å². The lowest BCUT2D eigenvalue weighted by atomic mass is 9.95. The number of benzene rings is 1. The average molecular weight is 236 g/mol. The summed E-state index contributed by atoms with van der Waals surface area (Å²) in [5.41, 5.74) is 5.51. The molecule has 1 amide bonds. The minimum absolute atomic E-state index is 0.0115. The number of anilines is 2. The van der Waals surface area contributed by atoms with Gasteiger partial charge >= 0.3 is 5.97 Å². The van der Waals surface area contributed by atoms with Crippen molar-refractivity contribution in [1.82, 2.24) is 0 Å². The Labute approximate surface area is 99.6 Å². The van der Waals surface area contributed by atoms with Gasteiger partial charge < -0.3 is 16.2 Å². The highest BCUT2D eigenvalue weighted by atomic mass is 16.4. The number of nitrogen functional groups attached to an aromatic ring is 1. The number of carbonyl (C=O) groups is 2. The molecule has 92 valence electrons. The molecule has 0 heterocycles. The second-order valence-electron chi connectivity index (χ2n) is 4.81. The van der Waals surface area contributed by atoms with E-state index < -0.39 is 11.4 Å². The number of aromatic carboxylic acids is 1. The number of hydrogen-bond acceptors (Lipinski definition) is 3. The first-order chi connectivity index (χ1) is 7.71. The van der Waals surface area contributed by atoms with Crippen molar-refractivity contribution >= 4 is 23.3 Å². The molecular weight excluding hydrogens is 220 g/mol. The van der Waals surface area contributed by atoms with Gasteiger partial charge in [-0.25, -0.2) is 4.79 Å². The molecule has 0 saturated carbocycles. The van der Waals surface area contributed by atoms with E-state index in [1.54, 1.807) is 26.8 Å². The summed E-state index contributed by atoms with van der Waals surface area (Å²) in [6.07, 6.45) is 0. The standard InChI is InChI=1S/C12H16N2O3/c1-12(2,3)11(17)14-9-5-4-7(13)6-8(9)10(15)16/h4-6H,13H2,1-3H3,(H,14,17)(H,15,16). The first-order valence-electron chi connectivity index (χ1n) is 5.16. The van der Waals surface area contributed by atoms with Crippen molar-refractivity contribution in [2.75, 3.05) is 11.1 Å². The molecule has 4 N–H and O–H groups in total. The Kier molecular flexibility index (Phi) is 3.41. The van der Waals surface area contributed by atoms with Crippen LogP contribution in [0.1, 0.15) is 31.1 Å². The molecule has 0 fully saturated rings. The number of hydrogen-bond donors (Lipinski definition) is 3. The number of rotatable bonds is 2. The predicted molar refractivity (Wildman–Crippen MR) is 65.9 cm³/mol. The summed E-state index contributed by atoms with van der Waals surface area (Å²) in [6, 6.07) is 4.35. The molecule has 0 spiro atoms. The van der Waals surface area contributed by atoms with Gasteiger partial charge in [0.1, 0.15) is 0 Å². The third-order valence-electron chi connectivity index (χ3n) is 2.20. The van der Waals surface area contributed by atoms with Crippen LogP contribution in [0.3, 0.4) is 0 Å². The largest absolute Gasteiger partial charge is 0.478 e. The molecule has 0 aromatic heterocycles. The second-order valence-corrected chi connectivity index (χ2v) is 4.81. The van der Waals surface area contributed by atoms with Gasteiger partial charge in [0.15, 0.2) is 0 Å². The van der Waals surface area contributed by atoms with Crippen LogP contribution in [-0.2, 0) is 4.79 Å². The van der Waals surface area contributed by atoms with Crippen molar-refractivity contribution in [2.45, 2.75) is 20.8 Å². The van der Waals surface area contributed by atoms with E-state index in [0.29, 0.717) is 5.69 Å². The highest BCUT2D eigenvalue weighted by molar-refractivity contribution is 6.02. The SMILES string of the molecule is CC(C)(C)C(=O)Nc1ccc(N)cc1C(=O)O. The summed E-state index contributed by atoms with van der Waals surface area (Å²) in [6.45, 7) is 5.25. The van der Waals surface area contributed by atoms with E-state index in [4.69, 9.17) is 10.8 Å². The maximum Gasteiger partial charge on any atom is 0.337 e. The number of nitrogens with one attached hydrogen (secondary N) is 1. The van der Waals surface area contributed by atoms with E-state index in [1.807, 2.05) is 0 Å². The molecule has 0 unspecified atom stereocenters. The molecule has 0 aliphatic heterocycles. The third kappa shape index (κ3) is 3.21. The van der Waals surface area contributed by atoms with Gasteiger partial charge in [-0.1, -0.05) is 20.8 Å². The number of amides is 1. The summed E-state index contributed by atoms with van der Waals surface area (Å²) >= 11 is 0. The Bertz CT molecular complexity index is 461. The van der Waals surface area contributed by atoms with Gasteiger partial charge in [0, 0.05) is 11.1 Å². The summed E-state index contributed by atoms with van der Waals surface area (Å²) in [5, 5.41) is 11.6. The minimum atomic E-state index is -1.12. The van der Waals surface area contributed by atoms with Crippen LogP contribution >= 0.6 is 0 Å². The maximum absolute atomic E-state index is 11.8. The molecule has 0 atom stereocenters. The number of carbonyl (C=O) groups excluding carboxylic acids is 1. The molecule has 5 nitrogen and oxygen atoms in total. The fourth-order valence-electron chi connectivity index (χ4n) is 1.16. The molecule has 0 aliphatic carbocycles. The average Bonchev–Trinajstić information content (AvgIpc) is 2.18. The van der Waals surface area contributed by atoms with Crippen LogP contribution in [-0.4, -0.2) is 17.0 Å². The monoisotopic (exact) mass is 236 g/mol. The zero-order valence-corrected chi connectivity index (χ0v) is 10.1. The van der Waals surface area contributed by atoms with Crippen LogP contribution in [0.4, 0.5) is 11.4 Å². The lowest BCUT2D eigenvalue weighted by Gasteiger charge is -2.18. The number of nitrogens with two attached hydrogens (primary N) is 1. The quantitative estimate of drug-likeness (QED) is 0.684. The van der Waals surface area contributed by atoms with E-state index in [9.17, 15) is 9.59 Å². The van der Waals surface area contributed by atoms with Gasteiger partial charge in [0.2, 0.25) is 5.91 Å². The maximum atomic E-state index is 11.8. The highest BCUT2D eigenvalue weighted by Gasteiger charge is 2.23. The molecule has 1 aromatic carbocycles. The topological polar surface area (TPSA) is 92.4 Å². The fraction of sp³-hybridized carbons (Fsp3) is 0.333. The summed E-state index contributed by atoms with van der Waals surface area (Å²) < 4.78 is 0. The Morgan fingerprint density at radius 3 is 2.35 bits per heavy atom. The van der Waals surface area contributed by atoms with Crippen LogP contribution in [0.25, 0.3) is 0 Å². The van der Waals surface area contributed by atoms with Crippen molar-refractivity contribution in [3.05, 3.63) is 23.8 Å². The molecule has 5 heteroatoms. The van der Waals surface area contributed by atoms with E-state index in [1.165, 1.54) is 12.1 Å². The summed E-state index contributed by atoms with van der Waals surface area (Å²) in [7, 11) is 0. The predicted octanol–water partition coefficient (Wildman–Crippen LogP) is 1.95. The molecule has 1 aromatic rings. The van der Waals surface area contributed by atoms with E-state index in [0.717, 1.165) is 0 Å². The molecular formula is C12H16N2O3. The Morgan fingerprint density at radius 1 is 1.29 bits per heavy atom. The van der Waals surface area contributed by atoms with Crippen molar-refractivity contribution in [3.63, 3.8) is 0 Å². The third-order valence-corrected chi connectivity index (χ3v) is 2.20. The van der Waals surface area contributed by atoms with Gasteiger partial charge in [-0.15, -0.1) is 0 Å². The van der Waals surface area contributed by atoms with Crippen LogP contribution in [0, 0.1) is 5.41 Å². The van der Waals surface area contributed by atoms with Crippen LogP contribution in [0.5, 0.6) is 0 Å². The molecule has 0 radical (unpaired) electrons. The van der Waals surface area contributed by atoms with Crippen molar-refractivity contribution in [2.24, 2.45) is 5.41 Å². The van der Waals surface area contributed by atoms with Crippen molar-refractivity contribution < 1.29 is 14.7 Å². The first kappa shape index (κ1) is 13.0. The normalized spacial score (nSPS) is 11.0. The molecule has 0 aliphatic rings.